The molecular weight excluding hydrogens is 440 g/mol. The fourth-order valence-corrected chi connectivity index (χ4v) is 4.35. The summed E-state index contributed by atoms with van der Waals surface area (Å²) >= 11 is 5.99. The Bertz CT molecular complexity index is 1130. The minimum absolute atomic E-state index is 0.0353. The lowest BCUT2D eigenvalue weighted by molar-refractivity contribution is -0.122. The maximum atomic E-state index is 12.6. The molecule has 33 heavy (non-hydrogen) atoms. The molecule has 0 aliphatic carbocycles. The molecule has 2 heterocycles. The Morgan fingerprint density at radius 2 is 2.00 bits per heavy atom. The molecule has 3 aromatic rings. The maximum Gasteiger partial charge on any atom is 0.220 e. The number of amides is 2. The van der Waals surface area contributed by atoms with E-state index in [1.807, 2.05) is 54.7 Å². The summed E-state index contributed by atoms with van der Waals surface area (Å²) in [6, 6.07) is 15.2. The summed E-state index contributed by atoms with van der Waals surface area (Å²) in [5.74, 6) is 0.700. The van der Waals surface area contributed by atoms with Crippen LogP contribution in [0.1, 0.15) is 36.8 Å². The van der Waals surface area contributed by atoms with E-state index >= 15 is 0 Å². The Kier molecular flexibility index (Phi) is 6.99. The topological polar surface area (TPSA) is 85.2 Å². The molecule has 1 aromatic heterocycles. The lowest BCUT2D eigenvalue weighted by Crippen LogP contribution is -2.44. The van der Waals surface area contributed by atoms with Crippen LogP contribution in [0.3, 0.4) is 0 Å². The third-order valence-corrected chi connectivity index (χ3v) is 6.23. The molecule has 0 unspecified atom stereocenters. The zero-order chi connectivity index (χ0) is 23.3. The van der Waals surface area contributed by atoms with Gasteiger partial charge in [-0.15, -0.1) is 0 Å². The first-order chi connectivity index (χ1) is 16.0. The normalized spacial score (nSPS) is 17.6. The van der Waals surface area contributed by atoms with Crippen molar-refractivity contribution in [3.63, 3.8) is 0 Å². The van der Waals surface area contributed by atoms with Crippen molar-refractivity contribution in [2.45, 2.75) is 44.2 Å². The second-order valence-corrected chi connectivity index (χ2v) is 8.81. The largest absolute Gasteiger partial charge is 0.494 e. The van der Waals surface area contributed by atoms with Crippen LogP contribution in [0.2, 0.25) is 5.02 Å². The predicted molar refractivity (Wildman–Crippen MR) is 126 cm³/mol. The van der Waals surface area contributed by atoms with E-state index in [1.54, 1.807) is 18.0 Å². The molecule has 2 aromatic carbocycles. The smallest absolute Gasteiger partial charge is 0.220 e. The van der Waals surface area contributed by atoms with Crippen LogP contribution in [0.5, 0.6) is 5.75 Å². The third-order valence-electron chi connectivity index (χ3n) is 5.98. The van der Waals surface area contributed by atoms with Crippen molar-refractivity contribution in [1.29, 1.82) is 0 Å². The number of methoxy groups -OCH3 is 1. The predicted octanol–water partition coefficient (Wildman–Crippen LogP) is 3.82. The molecule has 0 saturated carbocycles. The highest BCUT2D eigenvalue weighted by atomic mass is 35.5. The number of nitrogens with zero attached hydrogens (tertiary/aromatic N) is 2. The molecule has 0 spiro atoms. The van der Waals surface area contributed by atoms with E-state index in [0.29, 0.717) is 43.7 Å². The van der Waals surface area contributed by atoms with E-state index < -0.39 is 5.54 Å². The molecule has 1 fully saturated rings. The monoisotopic (exact) mass is 466 g/mol. The maximum absolute atomic E-state index is 12.6. The van der Waals surface area contributed by atoms with Crippen molar-refractivity contribution in [3.05, 3.63) is 77.1 Å². The van der Waals surface area contributed by atoms with Crippen LogP contribution < -0.4 is 15.4 Å². The lowest BCUT2D eigenvalue weighted by Gasteiger charge is -2.29. The van der Waals surface area contributed by atoms with Gasteiger partial charge >= 0.3 is 0 Å². The van der Waals surface area contributed by atoms with Gasteiger partial charge in [0.1, 0.15) is 11.4 Å². The fraction of sp³-hybridized carbons (Fsp3) is 0.320. The van der Waals surface area contributed by atoms with Crippen LogP contribution >= 0.6 is 11.6 Å². The van der Waals surface area contributed by atoms with Gasteiger partial charge in [0, 0.05) is 41.7 Å². The van der Waals surface area contributed by atoms with Gasteiger partial charge < -0.3 is 15.4 Å². The van der Waals surface area contributed by atoms with Crippen LogP contribution in [-0.4, -0.2) is 34.2 Å². The van der Waals surface area contributed by atoms with Crippen molar-refractivity contribution < 1.29 is 14.3 Å². The first kappa shape index (κ1) is 22.9. The van der Waals surface area contributed by atoms with Crippen LogP contribution in [0.15, 0.2) is 60.9 Å². The molecular formula is C25H27ClN4O3. The Morgan fingerprint density at radius 1 is 1.21 bits per heavy atom. The minimum atomic E-state index is -0.406. The van der Waals surface area contributed by atoms with Gasteiger partial charge in [-0.05, 0) is 49.1 Å². The average Bonchev–Trinajstić information content (AvgIpc) is 3.45. The standard InChI is InChI=1S/C25H27ClN4O3/c1-33-22-5-3-2-4-21(22)30-17-19(16-28-30)15-27-23(31)10-12-25(13-11-24(32)29-25)14-18-6-8-20(26)9-7-18/h2-9,16-17H,10-15H2,1H3,(H,27,31)(H,29,32)/t25-/m1/s1. The van der Waals surface area contributed by atoms with E-state index in [2.05, 4.69) is 15.7 Å². The summed E-state index contributed by atoms with van der Waals surface area (Å²) in [6.07, 6.45) is 6.38. The van der Waals surface area contributed by atoms with Crippen molar-refractivity contribution in [2.24, 2.45) is 0 Å². The summed E-state index contributed by atoms with van der Waals surface area (Å²) in [5, 5.41) is 11.1. The second kappa shape index (κ2) is 10.1. The van der Waals surface area contributed by atoms with Crippen molar-refractivity contribution in [3.8, 4) is 11.4 Å². The number of carbonyl (C=O) groups excluding carboxylic acids is 2. The number of carbonyl (C=O) groups is 2. The summed E-state index contributed by atoms with van der Waals surface area (Å²) in [7, 11) is 1.62. The molecule has 2 N–H and O–H groups in total. The van der Waals surface area contributed by atoms with E-state index in [-0.39, 0.29) is 11.8 Å². The molecule has 0 radical (unpaired) electrons. The molecule has 1 aliphatic rings. The SMILES string of the molecule is COc1ccccc1-n1cc(CNC(=O)CC[C@]2(Cc3ccc(Cl)cc3)CCC(=O)N2)cn1. The van der Waals surface area contributed by atoms with Gasteiger partial charge in [-0.25, -0.2) is 4.68 Å². The summed E-state index contributed by atoms with van der Waals surface area (Å²) in [5.41, 5.74) is 2.40. The van der Waals surface area contributed by atoms with Gasteiger partial charge in [0.05, 0.1) is 13.3 Å². The van der Waals surface area contributed by atoms with E-state index in [4.69, 9.17) is 16.3 Å². The van der Waals surface area contributed by atoms with Crippen LogP contribution in [0.4, 0.5) is 0 Å². The first-order valence-electron chi connectivity index (χ1n) is 11.0. The van der Waals surface area contributed by atoms with Gasteiger partial charge in [0.15, 0.2) is 0 Å². The average molecular weight is 467 g/mol. The molecule has 8 heteroatoms. The number of hydrogen-bond donors (Lipinski definition) is 2. The Balaban J connectivity index is 1.33. The third kappa shape index (κ3) is 5.73. The molecule has 1 saturated heterocycles. The van der Waals surface area contributed by atoms with Gasteiger partial charge in [0.25, 0.3) is 0 Å². The van der Waals surface area contributed by atoms with E-state index in [0.717, 1.165) is 22.6 Å². The highest BCUT2D eigenvalue weighted by molar-refractivity contribution is 6.30. The van der Waals surface area contributed by atoms with Crippen LogP contribution in [-0.2, 0) is 22.6 Å². The molecule has 172 valence electrons. The van der Waals surface area contributed by atoms with Gasteiger partial charge in [-0.1, -0.05) is 35.9 Å². The van der Waals surface area contributed by atoms with Crippen molar-refractivity contribution in [2.75, 3.05) is 7.11 Å². The van der Waals surface area contributed by atoms with Gasteiger partial charge in [-0.2, -0.15) is 5.10 Å². The van der Waals surface area contributed by atoms with E-state index in [9.17, 15) is 9.59 Å². The minimum Gasteiger partial charge on any atom is -0.494 e. The quantitative estimate of drug-likeness (QED) is 0.502. The highest BCUT2D eigenvalue weighted by Crippen LogP contribution is 2.30. The number of benzene rings is 2. The van der Waals surface area contributed by atoms with Crippen molar-refractivity contribution >= 4 is 23.4 Å². The van der Waals surface area contributed by atoms with Crippen molar-refractivity contribution in [1.82, 2.24) is 20.4 Å². The molecule has 0 bridgehead atoms. The lowest BCUT2D eigenvalue weighted by atomic mass is 9.85. The number of para-hydroxylation sites is 2. The number of halogens is 1. The van der Waals surface area contributed by atoms with Gasteiger partial charge in [-0.3, -0.25) is 9.59 Å². The van der Waals surface area contributed by atoms with Crippen LogP contribution in [0.25, 0.3) is 5.69 Å². The van der Waals surface area contributed by atoms with Gasteiger partial charge in [0.2, 0.25) is 11.8 Å². The van der Waals surface area contributed by atoms with Crippen LogP contribution in [0, 0.1) is 0 Å². The fourth-order valence-electron chi connectivity index (χ4n) is 4.22. The zero-order valence-corrected chi connectivity index (χ0v) is 19.3. The number of aromatic nitrogens is 2. The molecule has 1 atom stereocenters. The number of ether oxygens (including phenoxy) is 1. The Labute approximate surface area is 198 Å². The van der Waals surface area contributed by atoms with E-state index in [1.165, 1.54) is 0 Å². The molecule has 4 rings (SSSR count). The number of nitrogens with one attached hydrogen (secondary N) is 2. The Morgan fingerprint density at radius 3 is 2.73 bits per heavy atom. The molecule has 2 amide bonds. The summed E-state index contributed by atoms with van der Waals surface area (Å²) in [6.45, 7) is 0.379. The second-order valence-electron chi connectivity index (χ2n) is 8.37. The first-order valence-corrected chi connectivity index (χ1v) is 11.3. The molecule has 1 aliphatic heterocycles. The summed E-state index contributed by atoms with van der Waals surface area (Å²) in [4.78, 5) is 24.6. The summed E-state index contributed by atoms with van der Waals surface area (Å²) < 4.78 is 7.12. The molecule has 7 nitrogen and oxygen atoms in total. The highest BCUT2D eigenvalue weighted by Gasteiger charge is 2.37. The number of rotatable bonds is 9. The Hall–Kier alpha value is -3.32. The number of hydrogen-bond acceptors (Lipinski definition) is 4. The zero-order valence-electron chi connectivity index (χ0n) is 18.5.